The standard InChI is InChI=1S/C16H15N5O2S/c1-10-6-13(12-7-11-4-5-20(2)15(11)17-8-12)21-14(10)9-18-16(19-21)24(3,22)23/h4-9H,1-3H3. The molecule has 0 aromatic carbocycles. The van der Waals surface area contributed by atoms with Gasteiger partial charge < -0.3 is 4.57 Å². The monoisotopic (exact) mass is 341 g/mol. The van der Waals surface area contributed by atoms with Crippen LogP contribution in [0.1, 0.15) is 5.56 Å². The number of pyridine rings is 1. The molecule has 0 N–H and O–H groups in total. The van der Waals surface area contributed by atoms with E-state index >= 15 is 0 Å². The van der Waals surface area contributed by atoms with Crippen LogP contribution in [0.2, 0.25) is 0 Å². The molecule has 4 aromatic rings. The summed E-state index contributed by atoms with van der Waals surface area (Å²) >= 11 is 0. The fraction of sp³-hybridized carbons (Fsp3) is 0.188. The van der Waals surface area contributed by atoms with Crippen LogP contribution in [0.15, 0.2) is 41.9 Å². The van der Waals surface area contributed by atoms with Crippen molar-refractivity contribution in [2.24, 2.45) is 7.05 Å². The molecule has 0 saturated carbocycles. The number of sulfone groups is 1. The first kappa shape index (κ1) is 14.8. The van der Waals surface area contributed by atoms with Crippen LogP contribution < -0.4 is 0 Å². The van der Waals surface area contributed by atoms with Gasteiger partial charge in [-0.25, -0.2) is 22.9 Å². The van der Waals surface area contributed by atoms with Gasteiger partial charge in [-0.15, -0.1) is 5.10 Å². The molecule has 0 bridgehead atoms. The van der Waals surface area contributed by atoms with Crippen LogP contribution in [0.4, 0.5) is 0 Å². The second kappa shape index (κ2) is 4.88. The zero-order valence-corrected chi connectivity index (χ0v) is 14.2. The largest absolute Gasteiger partial charge is 0.336 e. The first-order chi connectivity index (χ1) is 11.3. The van der Waals surface area contributed by atoms with Crippen molar-refractivity contribution in [3.8, 4) is 11.3 Å². The van der Waals surface area contributed by atoms with E-state index in [-0.39, 0.29) is 5.16 Å². The molecule has 0 radical (unpaired) electrons. The van der Waals surface area contributed by atoms with Crippen molar-refractivity contribution >= 4 is 26.4 Å². The summed E-state index contributed by atoms with van der Waals surface area (Å²) in [7, 11) is -1.54. The Hall–Kier alpha value is -2.74. The van der Waals surface area contributed by atoms with Gasteiger partial charge in [-0.3, -0.25) is 0 Å². The highest BCUT2D eigenvalue weighted by atomic mass is 32.2. The third kappa shape index (κ3) is 2.18. The molecule has 4 heterocycles. The van der Waals surface area contributed by atoms with Crippen LogP contribution in [0.25, 0.3) is 27.8 Å². The first-order valence-electron chi connectivity index (χ1n) is 7.31. The fourth-order valence-corrected chi connectivity index (χ4v) is 3.27. The van der Waals surface area contributed by atoms with E-state index in [4.69, 9.17) is 0 Å². The van der Waals surface area contributed by atoms with Gasteiger partial charge in [-0.05, 0) is 30.7 Å². The van der Waals surface area contributed by atoms with Crippen molar-refractivity contribution in [2.45, 2.75) is 12.1 Å². The maximum absolute atomic E-state index is 11.8. The average molecular weight is 341 g/mol. The zero-order chi connectivity index (χ0) is 17.1. The molecule has 0 aliphatic rings. The molecule has 4 rings (SSSR count). The van der Waals surface area contributed by atoms with Gasteiger partial charge in [0.25, 0.3) is 5.16 Å². The molecular weight excluding hydrogens is 326 g/mol. The van der Waals surface area contributed by atoms with Gasteiger partial charge in [0.1, 0.15) is 5.65 Å². The minimum Gasteiger partial charge on any atom is -0.336 e. The molecule has 122 valence electrons. The maximum Gasteiger partial charge on any atom is 0.265 e. The molecular formula is C16H15N5O2S. The number of hydrogen-bond acceptors (Lipinski definition) is 5. The van der Waals surface area contributed by atoms with E-state index < -0.39 is 9.84 Å². The Morgan fingerprint density at radius 1 is 1.12 bits per heavy atom. The zero-order valence-electron chi connectivity index (χ0n) is 13.4. The highest BCUT2D eigenvalue weighted by molar-refractivity contribution is 7.90. The van der Waals surface area contributed by atoms with E-state index in [9.17, 15) is 8.42 Å². The Balaban J connectivity index is 2.00. The minimum atomic E-state index is -3.48. The summed E-state index contributed by atoms with van der Waals surface area (Å²) in [5.41, 5.74) is 4.29. The molecule has 4 aromatic heterocycles. The number of aromatic nitrogens is 5. The molecule has 0 aliphatic heterocycles. The van der Waals surface area contributed by atoms with Crippen LogP contribution in [-0.4, -0.2) is 38.8 Å². The third-order valence-corrected chi connectivity index (χ3v) is 4.88. The molecule has 0 amide bonds. The summed E-state index contributed by atoms with van der Waals surface area (Å²) in [5, 5.41) is 5.03. The highest BCUT2D eigenvalue weighted by Crippen LogP contribution is 2.27. The van der Waals surface area contributed by atoms with Crippen molar-refractivity contribution in [3.63, 3.8) is 0 Å². The van der Waals surface area contributed by atoms with Gasteiger partial charge in [0.05, 0.1) is 17.4 Å². The van der Waals surface area contributed by atoms with E-state index in [0.29, 0.717) is 0 Å². The summed E-state index contributed by atoms with van der Waals surface area (Å²) in [5.74, 6) is 0. The molecule has 0 aliphatic carbocycles. The van der Waals surface area contributed by atoms with Crippen LogP contribution in [0.5, 0.6) is 0 Å². The summed E-state index contributed by atoms with van der Waals surface area (Å²) < 4.78 is 27.1. The van der Waals surface area contributed by atoms with Gasteiger partial charge in [0.2, 0.25) is 9.84 Å². The number of nitrogens with zero attached hydrogens (tertiary/aromatic N) is 5. The smallest absolute Gasteiger partial charge is 0.265 e. The van der Waals surface area contributed by atoms with E-state index in [1.54, 1.807) is 10.7 Å². The van der Waals surface area contributed by atoms with Crippen molar-refractivity contribution in [2.75, 3.05) is 6.26 Å². The lowest BCUT2D eigenvalue weighted by Crippen LogP contribution is -2.08. The number of aryl methyl sites for hydroxylation is 2. The predicted molar refractivity (Wildman–Crippen MR) is 90.5 cm³/mol. The summed E-state index contributed by atoms with van der Waals surface area (Å²) in [6, 6.07) is 5.97. The topological polar surface area (TPSA) is 82.2 Å². The van der Waals surface area contributed by atoms with Crippen LogP contribution in [0, 0.1) is 6.92 Å². The Kier molecular flexibility index (Phi) is 3.01. The van der Waals surface area contributed by atoms with Gasteiger partial charge >= 0.3 is 0 Å². The fourth-order valence-electron chi connectivity index (χ4n) is 2.80. The number of fused-ring (bicyclic) bond motifs is 2. The van der Waals surface area contributed by atoms with Gasteiger partial charge in [0, 0.05) is 36.6 Å². The quantitative estimate of drug-likeness (QED) is 0.557. The van der Waals surface area contributed by atoms with Crippen molar-refractivity contribution in [3.05, 3.63) is 42.4 Å². The molecule has 0 saturated heterocycles. The predicted octanol–water partition coefficient (Wildman–Crippen LogP) is 1.99. The second-order valence-electron chi connectivity index (χ2n) is 5.89. The van der Waals surface area contributed by atoms with Crippen molar-refractivity contribution < 1.29 is 8.42 Å². The SMILES string of the molecule is Cc1cc(-c2cnc3c(ccn3C)c2)n2nc(S(C)(=O)=O)ncc12. The van der Waals surface area contributed by atoms with Crippen LogP contribution in [-0.2, 0) is 16.9 Å². The lowest BCUT2D eigenvalue weighted by molar-refractivity contribution is 0.587. The van der Waals surface area contributed by atoms with E-state index in [1.165, 1.54) is 6.20 Å². The van der Waals surface area contributed by atoms with Crippen molar-refractivity contribution in [1.82, 2.24) is 24.1 Å². The van der Waals surface area contributed by atoms with E-state index in [0.717, 1.165) is 39.6 Å². The van der Waals surface area contributed by atoms with E-state index in [2.05, 4.69) is 15.1 Å². The third-order valence-electron chi connectivity index (χ3n) is 4.03. The lowest BCUT2D eigenvalue weighted by atomic mass is 10.1. The summed E-state index contributed by atoms with van der Waals surface area (Å²) in [6.07, 6.45) is 6.36. The second-order valence-corrected chi connectivity index (χ2v) is 7.80. The van der Waals surface area contributed by atoms with Crippen LogP contribution >= 0.6 is 0 Å². The Bertz CT molecular complexity index is 1200. The summed E-state index contributed by atoms with van der Waals surface area (Å²) in [6.45, 7) is 1.94. The maximum atomic E-state index is 11.8. The molecule has 0 fully saturated rings. The molecule has 0 spiro atoms. The van der Waals surface area contributed by atoms with Crippen LogP contribution in [0.3, 0.4) is 0 Å². The Morgan fingerprint density at radius 2 is 1.92 bits per heavy atom. The first-order valence-corrected chi connectivity index (χ1v) is 9.20. The van der Waals surface area contributed by atoms with Gasteiger partial charge in [0.15, 0.2) is 0 Å². The molecule has 7 nitrogen and oxygen atoms in total. The normalized spacial score (nSPS) is 12.3. The number of hydrogen-bond donors (Lipinski definition) is 0. The highest BCUT2D eigenvalue weighted by Gasteiger charge is 2.16. The number of rotatable bonds is 2. The average Bonchev–Trinajstić information content (AvgIpc) is 3.07. The molecule has 24 heavy (non-hydrogen) atoms. The minimum absolute atomic E-state index is 0.194. The Labute approximate surface area is 138 Å². The van der Waals surface area contributed by atoms with E-state index in [1.807, 2.05) is 42.9 Å². The Morgan fingerprint density at radius 3 is 2.67 bits per heavy atom. The molecule has 8 heteroatoms. The summed E-state index contributed by atoms with van der Waals surface area (Å²) in [4.78, 5) is 8.45. The van der Waals surface area contributed by atoms with Gasteiger partial charge in [-0.2, -0.15) is 0 Å². The van der Waals surface area contributed by atoms with Gasteiger partial charge in [-0.1, -0.05) is 0 Å². The van der Waals surface area contributed by atoms with Crippen molar-refractivity contribution in [1.29, 1.82) is 0 Å². The molecule has 0 atom stereocenters. The lowest BCUT2D eigenvalue weighted by Gasteiger charge is -2.04. The molecule has 0 unspecified atom stereocenters.